The molecule has 0 aliphatic carbocycles. The summed E-state index contributed by atoms with van der Waals surface area (Å²) < 4.78 is 0. The number of nitrogens with one attached hydrogen (secondary N) is 2. The lowest BCUT2D eigenvalue weighted by molar-refractivity contribution is -0.150. The lowest BCUT2D eigenvalue weighted by Crippen LogP contribution is -2.71. The van der Waals surface area contributed by atoms with Gasteiger partial charge in [-0.1, -0.05) is 5.16 Å². The summed E-state index contributed by atoms with van der Waals surface area (Å²) in [4.78, 5) is 54.7. The minimum absolute atomic E-state index is 0.0753. The van der Waals surface area contributed by atoms with Crippen molar-refractivity contribution in [1.29, 1.82) is 0 Å². The van der Waals surface area contributed by atoms with E-state index in [0.717, 1.165) is 23.0 Å². The van der Waals surface area contributed by atoms with Gasteiger partial charge in [0.05, 0.1) is 6.54 Å². The molecule has 1 fully saturated rings. The van der Waals surface area contributed by atoms with Gasteiger partial charge in [0, 0.05) is 43.0 Å². The molecule has 1 aromatic heterocycles. The van der Waals surface area contributed by atoms with Crippen molar-refractivity contribution in [3.8, 4) is 0 Å². The van der Waals surface area contributed by atoms with Crippen molar-refractivity contribution in [3.05, 3.63) is 46.6 Å². The van der Waals surface area contributed by atoms with Gasteiger partial charge in [-0.25, -0.2) is 14.8 Å². The summed E-state index contributed by atoms with van der Waals surface area (Å²) in [5.74, 6) is -0.436. The summed E-state index contributed by atoms with van der Waals surface area (Å²) in [7, 11) is 1.28. The van der Waals surface area contributed by atoms with Gasteiger partial charge in [0.2, 0.25) is 0 Å². The Kier molecular flexibility index (Phi) is 7.45. The number of nitrogens with zero attached hydrogens (tertiary/aromatic N) is 6. The van der Waals surface area contributed by atoms with Crippen molar-refractivity contribution in [2.75, 3.05) is 38.2 Å². The topological polar surface area (TPSA) is 204 Å². The van der Waals surface area contributed by atoms with Gasteiger partial charge in [-0.2, -0.15) is 0 Å². The van der Waals surface area contributed by atoms with Crippen LogP contribution in [0.5, 0.6) is 0 Å². The Morgan fingerprint density at radius 1 is 1.38 bits per heavy atom. The third kappa shape index (κ3) is 5.02. The summed E-state index contributed by atoms with van der Waals surface area (Å²) in [6, 6.07) is -0.935. The molecule has 4 aliphatic rings. The number of β-lactam (4-membered cyclic amide) rings is 1. The zero-order valence-corrected chi connectivity index (χ0v) is 22.4. The van der Waals surface area contributed by atoms with Crippen LogP contribution in [0.4, 0.5) is 5.13 Å². The highest BCUT2D eigenvalue weighted by Gasteiger charge is 2.54. The predicted molar refractivity (Wildman–Crippen MR) is 145 cm³/mol. The third-order valence-corrected chi connectivity index (χ3v) is 8.17. The number of carboxylic acids is 1. The van der Waals surface area contributed by atoms with Crippen LogP contribution < -0.4 is 22.2 Å². The van der Waals surface area contributed by atoms with Gasteiger partial charge in [0.25, 0.3) is 11.8 Å². The summed E-state index contributed by atoms with van der Waals surface area (Å²) in [5.41, 5.74) is 15.0. The van der Waals surface area contributed by atoms with Crippen LogP contribution in [0.25, 0.3) is 0 Å². The van der Waals surface area contributed by atoms with E-state index in [1.165, 1.54) is 23.8 Å². The lowest BCUT2D eigenvalue weighted by Gasteiger charge is -2.49. The molecule has 1 aromatic rings. The van der Waals surface area contributed by atoms with Crippen molar-refractivity contribution in [2.24, 2.45) is 15.9 Å². The normalized spacial score (nSPS) is 23.3. The van der Waals surface area contributed by atoms with Crippen molar-refractivity contribution < 1.29 is 24.3 Å². The average molecular weight is 575 g/mol. The number of oxime groups is 1. The summed E-state index contributed by atoms with van der Waals surface area (Å²) >= 11 is 2.51. The van der Waals surface area contributed by atoms with E-state index in [1.807, 2.05) is 23.4 Å². The van der Waals surface area contributed by atoms with Gasteiger partial charge in [-0.3, -0.25) is 24.9 Å². The van der Waals surface area contributed by atoms with Gasteiger partial charge in [0.15, 0.2) is 10.8 Å². The molecular formula is C22H26N10O5S2. The van der Waals surface area contributed by atoms with Crippen LogP contribution in [0.2, 0.25) is 0 Å². The molecule has 7 N–H and O–H groups in total. The minimum atomic E-state index is -1.21. The molecule has 2 atom stereocenters. The number of amidine groups is 1. The second-order valence-electron chi connectivity index (χ2n) is 8.60. The first-order chi connectivity index (χ1) is 18.8. The van der Waals surface area contributed by atoms with Crippen LogP contribution >= 0.6 is 23.1 Å². The number of hydrogen-bond acceptors (Lipinski definition) is 13. The van der Waals surface area contributed by atoms with E-state index < -0.39 is 29.2 Å². The highest BCUT2D eigenvalue weighted by atomic mass is 32.2. The number of aliphatic imine (C=N–C) groups is 1. The molecule has 0 bridgehead atoms. The number of thioether (sulfide) groups is 1. The molecule has 0 unspecified atom stereocenters. The maximum Gasteiger partial charge on any atom is 0.352 e. The number of rotatable bonds is 9. The molecule has 0 spiro atoms. The molecule has 5 heterocycles. The number of thiazole rings is 1. The first-order valence-electron chi connectivity index (χ1n) is 11.8. The van der Waals surface area contributed by atoms with E-state index in [9.17, 15) is 19.5 Å². The number of carbonyl (C=O) groups excluding carboxylic acids is 2. The molecule has 15 nitrogen and oxygen atoms in total. The van der Waals surface area contributed by atoms with Crippen LogP contribution in [-0.4, -0.2) is 98.1 Å². The smallest absolute Gasteiger partial charge is 0.352 e. The van der Waals surface area contributed by atoms with Crippen LogP contribution in [-0.2, 0) is 19.2 Å². The van der Waals surface area contributed by atoms with Crippen LogP contribution in [0.15, 0.2) is 51.1 Å². The van der Waals surface area contributed by atoms with Gasteiger partial charge < -0.3 is 31.6 Å². The number of anilines is 1. The molecule has 1 saturated heterocycles. The molecule has 17 heteroatoms. The maximum atomic E-state index is 13.1. The largest absolute Gasteiger partial charge is 0.477 e. The first-order valence-corrected chi connectivity index (χ1v) is 13.7. The monoisotopic (exact) mass is 574 g/mol. The molecule has 39 heavy (non-hydrogen) atoms. The second-order valence-corrected chi connectivity index (χ2v) is 10.6. The maximum absolute atomic E-state index is 13.1. The Labute approximate surface area is 230 Å². The number of hydrazine groups is 1. The van der Waals surface area contributed by atoms with E-state index in [4.69, 9.17) is 16.3 Å². The van der Waals surface area contributed by atoms with Gasteiger partial charge in [-0.15, -0.1) is 23.1 Å². The quantitative estimate of drug-likeness (QED) is 0.137. The number of carboxylic acid groups (broad SMARTS) is 1. The Balaban J connectivity index is 1.30. The lowest BCUT2D eigenvalue weighted by atomic mass is 10.0. The molecule has 0 aromatic carbocycles. The average Bonchev–Trinajstić information content (AvgIpc) is 3.54. The SMILES string of the molecule is CON=C(C(=O)N[C@@H]1C(=O)N2C(C(=O)O)=C(CN3C=CN4NC(=NCCN)CC=C34)CS[C@@H]12)c1csc(N)n1. The number of carbonyl (C=O) groups is 3. The minimum Gasteiger partial charge on any atom is -0.477 e. The fourth-order valence-corrected chi connectivity index (χ4v) is 6.35. The van der Waals surface area contributed by atoms with Gasteiger partial charge in [0.1, 0.15) is 41.6 Å². The Hall–Kier alpha value is -4.09. The van der Waals surface area contributed by atoms with E-state index in [2.05, 4.69) is 25.9 Å². The van der Waals surface area contributed by atoms with Crippen LogP contribution in [0.1, 0.15) is 12.1 Å². The van der Waals surface area contributed by atoms with Crippen LogP contribution in [0.3, 0.4) is 0 Å². The van der Waals surface area contributed by atoms with E-state index in [1.54, 1.807) is 10.4 Å². The fourth-order valence-electron chi connectivity index (χ4n) is 4.47. The van der Waals surface area contributed by atoms with Crippen molar-refractivity contribution in [1.82, 2.24) is 30.5 Å². The Morgan fingerprint density at radius 2 is 2.21 bits per heavy atom. The zero-order valence-electron chi connectivity index (χ0n) is 20.7. The van der Waals surface area contributed by atoms with E-state index in [-0.39, 0.29) is 28.8 Å². The summed E-state index contributed by atoms with van der Waals surface area (Å²) in [6.07, 6.45) is 6.22. The zero-order chi connectivity index (χ0) is 27.7. The third-order valence-electron chi connectivity index (χ3n) is 6.16. The number of hydrogen-bond donors (Lipinski definition) is 5. The highest BCUT2D eigenvalue weighted by Crippen LogP contribution is 2.41. The standard InChI is InChI=1S/C22H26N10O5S2/c1-37-29-15(12-10-39-22(24)26-12)18(33)27-16-19(34)32-17(21(35)36)11(9-38-20(16)32)8-30-6-7-31-14(30)3-2-13(28-31)25-5-4-23/h3,6-7,10,16,20H,2,4-5,8-9,23H2,1H3,(H2,24,26)(H,25,28)(H,27,33)(H,35,36)/t16-,20+/m1/s1. The van der Waals surface area contributed by atoms with E-state index >= 15 is 0 Å². The van der Waals surface area contributed by atoms with E-state index in [0.29, 0.717) is 30.8 Å². The Bertz CT molecular complexity index is 1350. The molecule has 206 valence electrons. The Morgan fingerprint density at radius 3 is 2.90 bits per heavy atom. The second kappa shape index (κ2) is 11.0. The molecule has 4 aliphatic heterocycles. The molecule has 5 rings (SSSR count). The molecule has 0 saturated carbocycles. The predicted octanol–water partition coefficient (Wildman–Crippen LogP) is -0.990. The van der Waals surface area contributed by atoms with Crippen molar-refractivity contribution in [2.45, 2.75) is 17.8 Å². The highest BCUT2D eigenvalue weighted by molar-refractivity contribution is 8.00. The summed E-state index contributed by atoms with van der Waals surface area (Å²) in [5, 5.41) is 19.4. The number of fused-ring (bicyclic) bond motifs is 2. The number of nitrogen functional groups attached to an aromatic ring is 1. The number of nitrogens with two attached hydrogens (primary N) is 2. The summed E-state index contributed by atoms with van der Waals surface area (Å²) in [6.45, 7) is 1.25. The van der Waals surface area contributed by atoms with Crippen molar-refractivity contribution in [3.63, 3.8) is 0 Å². The molecule has 2 amide bonds. The molecular weight excluding hydrogens is 548 g/mol. The number of amides is 2. The molecule has 0 radical (unpaired) electrons. The van der Waals surface area contributed by atoms with Gasteiger partial charge in [-0.05, 0) is 11.6 Å². The van der Waals surface area contributed by atoms with Gasteiger partial charge >= 0.3 is 5.97 Å². The first kappa shape index (κ1) is 26.5. The number of aliphatic carboxylic acids is 1. The number of aromatic nitrogens is 1. The van der Waals surface area contributed by atoms with Crippen LogP contribution in [0, 0.1) is 0 Å². The fraction of sp³-hybridized carbons (Fsp3) is 0.364. The van der Waals surface area contributed by atoms with Crippen molar-refractivity contribution >= 4 is 57.6 Å².